The van der Waals surface area contributed by atoms with Crippen molar-refractivity contribution in [1.29, 1.82) is 0 Å². The average molecular weight is 593 g/mol. The van der Waals surface area contributed by atoms with E-state index in [2.05, 4.69) is 15.2 Å². The van der Waals surface area contributed by atoms with Crippen LogP contribution in [0.15, 0.2) is 36.4 Å². The van der Waals surface area contributed by atoms with Crippen LogP contribution in [0.5, 0.6) is 0 Å². The lowest BCUT2D eigenvalue weighted by Gasteiger charge is -2.37. The number of amides is 2. The second kappa shape index (κ2) is 11.8. The van der Waals surface area contributed by atoms with Crippen LogP contribution in [0.1, 0.15) is 42.3 Å². The maximum absolute atomic E-state index is 15.3. The van der Waals surface area contributed by atoms with Crippen molar-refractivity contribution in [3.63, 3.8) is 0 Å². The third-order valence-electron chi connectivity index (χ3n) is 7.56. The van der Waals surface area contributed by atoms with Crippen LogP contribution in [-0.2, 0) is 17.7 Å². The SMILES string of the molecule is CN(C)Cc1cc(-c2cc(-c3cc4c(cc3F)C(=O)NCC4)c(N)nc2F)ccc1N1CCN(C(=O)OC(C)(C)C)CC1. The molecule has 9 nitrogen and oxygen atoms in total. The molecule has 5 rings (SSSR count). The van der Waals surface area contributed by atoms with Crippen LogP contribution in [0.25, 0.3) is 22.3 Å². The van der Waals surface area contributed by atoms with Crippen molar-refractivity contribution in [3.8, 4) is 22.3 Å². The normalized spacial score (nSPS) is 15.4. The van der Waals surface area contributed by atoms with Crippen LogP contribution in [0.4, 0.5) is 25.1 Å². The van der Waals surface area contributed by atoms with Gasteiger partial charge >= 0.3 is 6.09 Å². The van der Waals surface area contributed by atoms with Crippen molar-refractivity contribution < 1.29 is 23.1 Å². The van der Waals surface area contributed by atoms with E-state index in [-0.39, 0.29) is 40.1 Å². The highest BCUT2D eigenvalue weighted by Crippen LogP contribution is 2.36. The molecule has 0 atom stereocenters. The summed E-state index contributed by atoms with van der Waals surface area (Å²) < 4.78 is 36.1. The van der Waals surface area contributed by atoms with E-state index >= 15 is 8.78 Å². The summed E-state index contributed by atoms with van der Waals surface area (Å²) in [6, 6.07) is 10.0. The average Bonchev–Trinajstić information content (AvgIpc) is 2.92. The van der Waals surface area contributed by atoms with Crippen LogP contribution in [0, 0.1) is 11.8 Å². The number of fused-ring (bicyclic) bond motifs is 1. The summed E-state index contributed by atoms with van der Waals surface area (Å²) in [5.74, 6) is -1.84. The van der Waals surface area contributed by atoms with E-state index in [4.69, 9.17) is 10.5 Å². The highest BCUT2D eigenvalue weighted by molar-refractivity contribution is 5.97. The number of hydrogen-bond donors (Lipinski definition) is 2. The van der Waals surface area contributed by atoms with Crippen molar-refractivity contribution in [1.82, 2.24) is 20.1 Å². The van der Waals surface area contributed by atoms with Crippen molar-refractivity contribution >= 4 is 23.5 Å². The third kappa shape index (κ3) is 6.56. The Morgan fingerprint density at radius 1 is 1.02 bits per heavy atom. The molecule has 0 unspecified atom stereocenters. The number of pyridine rings is 1. The van der Waals surface area contributed by atoms with E-state index < -0.39 is 17.4 Å². The van der Waals surface area contributed by atoms with Gasteiger partial charge in [0.2, 0.25) is 5.95 Å². The Labute approximate surface area is 250 Å². The van der Waals surface area contributed by atoms with E-state index in [1.165, 1.54) is 12.1 Å². The molecule has 228 valence electrons. The summed E-state index contributed by atoms with van der Waals surface area (Å²) in [6.45, 7) is 8.88. The standard InChI is InChI=1S/C32H38F2N6O3/c1-32(2,3)43-31(42)40-12-10-39(11-13-40)27-7-6-19(14-21(27)18-38(4)5)22-16-25(29(35)37-28(22)34)24-15-20-8-9-36-30(41)23(20)17-26(24)33/h6-7,14-17H,8-13,18H2,1-5H3,(H2,35,37)(H,36,41). The van der Waals surface area contributed by atoms with Crippen molar-refractivity contribution in [2.24, 2.45) is 0 Å². The smallest absolute Gasteiger partial charge is 0.410 e. The lowest BCUT2D eigenvalue weighted by atomic mass is 9.93. The monoisotopic (exact) mass is 592 g/mol. The third-order valence-corrected chi connectivity index (χ3v) is 7.56. The minimum absolute atomic E-state index is 0.131. The molecule has 2 aliphatic rings. The Balaban J connectivity index is 1.46. The molecule has 1 aromatic heterocycles. The molecular formula is C32H38F2N6O3. The molecule has 3 heterocycles. The van der Waals surface area contributed by atoms with Gasteiger partial charge in [0, 0.05) is 67.2 Å². The maximum atomic E-state index is 15.3. The lowest BCUT2D eigenvalue weighted by Crippen LogP contribution is -2.50. The van der Waals surface area contributed by atoms with Gasteiger partial charge < -0.3 is 30.5 Å². The Bertz CT molecular complexity index is 1560. The Morgan fingerprint density at radius 3 is 2.42 bits per heavy atom. The van der Waals surface area contributed by atoms with Crippen LogP contribution in [0.2, 0.25) is 0 Å². The topological polar surface area (TPSA) is 104 Å². The fourth-order valence-electron chi connectivity index (χ4n) is 5.56. The van der Waals surface area contributed by atoms with E-state index in [1.54, 1.807) is 11.0 Å². The predicted molar refractivity (Wildman–Crippen MR) is 163 cm³/mol. The number of aromatic nitrogens is 1. The lowest BCUT2D eigenvalue weighted by molar-refractivity contribution is 0.0240. The number of anilines is 2. The minimum Gasteiger partial charge on any atom is -0.444 e. The highest BCUT2D eigenvalue weighted by atomic mass is 19.1. The highest BCUT2D eigenvalue weighted by Gasteiger charge is 2.27. The zero-order valence-corrected chi connectivity index (χ0v) is 25.3. The first-order valence-electron chi connectivity index (χ1n) is 14.4. The van der Waals surface area contributed by atoms with Crippen molar-refractivity contribution in [2.75, 3.05) is 57.5 Å². The largest absolute Gasteiger partial charge is 0.444 e. The summed E-state index contributed by atoms with van der Waals surface area (Å²) >= 11 is 0. The second-order valence-electron chi connectivity index (χ2n) is 12.3. The molecular weight excluding hydrogens is 554 g/mol. The van der Waals surface area contributed by atoms with Crippen molar-refractivity contribution in [2.45, 2.75) is 39.3 Å². The quantitative estimate of drug-likeness (QED) is 0.415. The Morgan fingerprint density at radius 2 is 1.74 bits per heavy atom. The molecule has 1 fully saturated rings. The molecule has 43 heavy (non-hydrogen) atoms. The molecule has 2 amide bonds. The van der Waals surface area contributed by atoms with Gasteiger partial charge in [-0.3, -0.25) is 4.79 Å². The first-order chi connectivity index (χ1) is 20.3. The van der Waals surface area contributed by atoms with Crippen LogP contribution < -0.4 is 16.0 Å². The van der Waals surface area contributed by atoms with Crippen molar-refractivity contribution in [3.05, 3.63) is 64.9 Å². The van der Waals surface area contributed by atoms with Gasteiger partial charge in [-0.2, -0.15) is 4.39 Å². The van der Waals surface area contributed by atoms with Gasteiger partial charge in [0.15, 0.2) is 0 Å². The molecule has 0 bridgehead atoms. The number of ether oxygens (including phenoxy) is 1. The van der Waals surface area contributed by atoms with E-state index in [1.807, 2.05) is 58.0 Å². The number of nitrogens with two attached hydrogens (primary N) is 1. The predicted octanol–water partition coefficient (Wildman–Crippen LogP) is 4.68. The number of nitrogen functional groups attached to an aromatic ring is 1. The van der Waals surface area contributed by atoms with Gasteiger partial charge in [0.1, 0.15) is 17.2 Å². The second-order valence-corrected chi connectivity index (χ2v) is 12.3. The fraction of sp³-hybridized carbons (Fsp3) is 0.406. The van der Waals surface area contributed by atoms with Gasteiger partial charge in [-0.05, 0) is 88.3 Å². The molecule has 1 saturated heterocycles. The van der Waals surface area contributed by atoms with E-state index in [0.29, 0.717) is 56.8 Å². The molecule has 0 saturated carbocycles. The summed E-state index contributed by atoms with van der Waals surface area (Å²) in [5.41, 5.74) is 9.72. The molecule has 0 radical (unpaired) electrons. The molecule has 2 aromatic carbocycles. The summed E-state index contributed by atoms with van der Waals surface area (Å²) in [7, 11) is 3.92. The number of benzene rings is 2. The van der Waals surface area contributed by atoms with Gasteiger partial charge in [-0.25, -0.2) is 14.2 Å². The van der Waals surface area contributed by atoms with Crippen LogP contribution in [-0.4, -0.2) is 79.2 Å². The zero-order valence-electron chi connectivity index (χ0n) is 25.3. The maximum Gasteiger partial charge on any atom is 0.410 e. The molecule has 2 aliphatic heterocycles. The number of halogens is 2. The van der Waals surface area contributed by atoms with E-state index in [9.17, 15) is 9.59 Å². The van der Waals surface area contributed by atoms with Gasteiger partial charge in [0.05, 0.1) is 0 Å². The number of nitrogens with zero attached hydrogens (tertiary/aromatic N) is 4. The first kappa shape index (κ1) is 30.2. The molecule has 11 heteroatoms. The number of hydrogen-bond acceptors (Lipinski definition) is 7. The van der Waals surface area contributed by atoms with Crippen LogP contribution >= 0.6 is 0 Å². The molecule has 0 aliphatic carbocycles. The number of carbonyl (C=O) groups excluding carboxylic acids is 2. The Kier molecular flexibility index (Phi) is 8.29. The summed E-state index contributed by atoms with van der Waals surface area (Å²) in [6.07, 6.45) is 0.230. The van der Waals surface area contributed by atoms with Gasteiger partial charge in [0.25, 0.3) is 5.91 Å². The number of piperazine rings is 1. The summed E-state index contributed by atoms with van der Waals surface area (Å²) in [5, 5.41) is 2.71. The van der Waals surface area contributed by atoms with Gasteiger partial charge in [-0.1, -0.05) is 6.07 Å². The molecule has 3 N–H and O–H groups in total. The number of carbonyl (C=O) groups is 2. The summed E-state index contributed by atoms with van der Waals surface area (Å²) in [4.78, 5) is 34.6. The molecule has 3 aromatic rings. The minimum atomic E-state index is -0.756. The number of nitrogens with one attached hydrogen (secondary N) is 1. The van der Waals surface area contributed by atoms with E-state index in [0.717, 1.165) is 11.3 Å². The Hall–Kier alpha value is -4.25. The van der Waals surface area contributed by atoms with Gasteiger partial charge in [-0.15, -0.1) is 0 Å². The first-order valence-corrected chi connectivity index (χ1v) is 14.4. The zero-order chi connectivity index (χ0) is 31.1. The molecule has 0 spiro atoms. The van der Waals surface area contributed by atoms with Crippen LogP contribution in [0.3, 0.4) is 0 Å². The number of rotatable bonds is 5. The fourth-order valence-corrected chi connectivity index (χ4v) is 5.56.